The van der Waals surface area contributed by atoms with Gasteiger partial charge < -0.3 is 14.4 Å². The van der Waals surface area contributed by atoms with Crippen LogP contribution in [-0.2, 0) is 6.54 Å². The number of aliphatic hydroxyl groups is 1. The van der Waals surface area contributed by atoms with Gasteiger partial charge in [0.2, 0.25) is 0 Å². The Labute approximate surface area is 145 Å². The van der Waals surface area contributed by atoms with E-state index in [9.17, 15) is 9.90 Å². The van der Waals surface area contributed by atoms with Crippen molar-refractivity contribution in [2.24, 2.45) is 0 Å². The van der Waals surface area contributed by atoms with E-state index >= 15 is 0 Å². The maximum atomic E-state index is 12.9. The topological polar surface area (TPSA) is 53.7 Å². The normalized spacial score (nSPS) is 11.0. The Balaban J connectivity index is 1.94. The fourth-order valence-corrected chi connectivity index (χ4v) is 2.89. The standard InChI is InChI=1S/C19H18ClNO3/c1-13-16-11-15(20)7-8-17(16)24-18(13)19(23)21(9-10-22)12-14-5-3-2-4-6-14/h2-8,11,22H,9-10,12H2,1H3. The molecule has 2 aromatic carbocycles. The summed E-state index contributed by atoms with van der Waals surface area (Å²) < 4.78 is 5.75. The SMILES string of the molecule is Cc1c(C(=O)N(CCO)Cc2ccccc2)oc2ccc(Cl)cc12. The Morgan fingerprint density at radius 2 is 1.96 bits per heavy atom. The molecule has 24 heavy (non-hydrogen) atoms. The van der Waals surface area contributed by atoms with Crippen LogP contribution in [0, 0.1) is 6.92 Å². The highest BCUT2D eigenvalue weighted by Gasteiger charge is 2.23. The van der Waals surface area contributed by atoms with E-state index in [0.717, 1.165) is 16.5 Å². The van der Waals surface area contributed by atoms with Crippen molar-refractivity contribution in [1.29, 1.82) is 0 Å². The molecule has 0 unspecified atom stereocenters. The highest BCUT2D eigenvalue weighted by Crippen LogP contribution is 2.29. The molecule has 0 atom stereocenters. The number of carbonyl (C=O) groups excluding carboxylic acids is 1. The number of benzene rings is 2. The first-order chi connectivity index (χ1) is 11.6. The van der Waals surface area contributed by atoms with Crippen LogP contribution in [0.4, 0.5) is 0 Å². The monoisotopic (exact) mass is 343 g/mol. The Hall–Kier alpha value is -2.30. The second-order valence-electron chi connectivity index (χ2n) is 5.63. The molecule has 124 valence electrons. The van der Waals surface area contributed by atoms with Crippen molar-refractivity contribution < 1.29 is 14.3 Å². The van der Waals surface area contributed by atoms with Crippen LogP contribution in [0.3, 0.4) is 0 Å². The van der Waals surface area contributed by atoms with Crippen LogP contribution in [0.15, 0.2) is 52.9 Å². The minimum Gasteiger partial charge on any atom is -0.451 e. The summed E-state index contributed by atoms with van der Waals surface area (Å²) in [5, 5.41) is 10.7. The summed E-state index contributed by atoms with van der Waals surface area (Å²) in [5.41, 5.74) is 2.38. The molecular weight excluding hydrogens is 326 g/mol. The molecule has 0 saturated heterocycles. The summed E-state index contributed by atoms with van der Waals surface area (Å²) >= 11 is 6.03. The van der Waals surface area contributed by atoms with Crippen LogP contribution in [0.2, 0.25) is 5.02 Å². The number of carbonyl (C=O) groups is 1. The van der Waals surface area contributed by atoms with E-state index in [0.29, 0.717) is 17.2 Å². The molecule has 1 amide bonds. The Bertz CT molecular complexity index is 858. The third kappa shape index (κ3) is 3.30. The van der Waals surface area contributed by atoms with E-state index < -0.39 is 0 Å². The number of hydrogen-bond donors (Lipinski definition) is 1. The van der Waals surface area contributed by atoms with Gasteiger partial charge in [-0.2, -0.15) is 0 Å². The van der Waals surface area contributed by atoms with Crippen LogP contribution < -0.4 is 0 Å². The third-order valence-electron chi connectivity index (χ3n) is 3.97. The first kappa shape index (κ1) is 16.6. The average Bonchev–Trinajstić information content (AvgIpc) is 2.91. The molecule has 0 fully saturated rings. The minimum atomic E-state index is -0.238. The molecule has 0 radical (unpaired) electrons. The second kappa shape index (κ2) is 7.07. The van der Waals surface area contributed by atoms with Crippen LogP contribution in [0.25, 0.3) is 11.0 Å². The van der Waals surface area contributed by atoms with Gasteiger partial charge in [0.05, 0.1) is 6.61 Å². The predicted molar refractivity (Wildman–Crippen MR) is 94.2 cm³/mol. The molecule has 0 spiro atoms. The van der Waals surface area contributed by atoms with Gasteiger partial charge in [0.15, 0.2) is 5.76 Å². The lowest BCUT2D eigenvalue weighted by Crippen LogP contribution is -2.33. The van der Waals surface area contributed by atoms with Crippen molar-refractivity contribution in [3.05, 3.63) is 70.4 Å². The van der Waals surface area contributed by atoms with E-state index in [4.69, 9.17) is 16.0 Å². The van der Waals surface area contributed by atoms with Crippen molar-refractivity contribution in [2.75, 3.05) is 13.2 Å². The molecule has 0 aliphatic rings. The smallest absolute Gasteiger partial charge is 0.290 e. The van der Waals surface area contributed by atoms with E-state index in [1.54, 1.807) is 23.1 Å². The lowest BCUT2D eigenvalue weighted by molar-refractivity contribution is 0.0677. The minimum absolute atomic E-state index is 0.107. The number of halogens is 1. The Morgan fingerprint density at radius 1 is 1.21 bits per heavy atom. The Kier molecular flexibility index (Phi) is 4.88. The van der Waals surface area contributed by atoms with Gasteiger partial charge in [0.25, 0.3) is 5.91 Å². The van der Waals surface area contributed by atoms with Gasteiger partial charge in [0, 0.05) is 29.1 Å². The predicted octanol–water partition coefficient (Wildman–Crippen LogP) is 4.03. The van der Waals surface area contributed by atoms with Gasteiger partial charge in [-0.05, 0) is 30.7 Å². The summed E-state index contributed by atoms with van der Waals surface area (Å²) in [4.78, 5) is 14.5. The second-order valence-corrected chi connectivity index (χ2v) is 6.07. The number of fused-ring (bicyclic) bond motifs is 1. The molecule has 0 aliphatic heterocycles. The fourth-order valence-electron chi connectivity index (χ4n) is 2.72. The molecule has 3 aromatic rings. The molecule has 0 aliphatic carbocycles. The fraction of sp³-hybridized carbons (Fsp3) is 0.211. The molecule has 0 bridgehead atoms. The van der Waals surface area contributed by atoms with Crippen molar-refractivity contribution in [3.8, 4) is 0 Å². The molecule has 1 heterocycles. The summed E-state index contributed by atoms with van der Waals surface area (Å²) in [6.07, 6.45) is 0. The zero-order valence-corrected chi connectivity index (χ0v) is 14.1. The molecular formula is C19H18ClNO3. The van der Waals surface area contributed by atoms with Crippen LogP contribution in [0.5, 0.6) is 0 Å². The van der Waals surface area contributed by atoms with Crippen molar-refractivity contribution in [3.63, 3.8) is 0 Å². The molecule has 1 aromatic heterocycles. The first-order valence-electron chi connectivity index (χ1n) is 7.73. The number of nitrogens with zero attached hydrogens (tertiary/aromatic N) is 1. The lowest BCUT2D eigenvalue weighted by atomic mass is 10.1. The van der Waals surface area contributed by atoms with Crippen molar-refractivity contribution in [2.45, 2.75) is 13.5 Å². The maximum Gasteiger partial charge on any atom is 0.290 e. The number of hydrogen-bond acceptors (Lipinski definition) is 3. The van der Waals surface area contributed by atoms with Gasteiger partial charge in [-0.3, -0.25) is 4.79 Å². The van der Waals surface area contributed by atoms with E-state index in [1.165, 1.54) is 0 Å². The molecule has 3 rings (SSSR count). The van der Waals surface area contributed by atoms with E-state index in [1.807, 2.05) is 37.3 Å². The maximum absolute atomic E-state index is 12.9. The molecule has 0 saturated carbocycles. The van der Waals surface area contributed by atoms with Crippen LogP contribution in [-0.4, -0.2) is 29.1 Å². The van der Waals surface area contributed by atoms with Crippen molar-refractivity contribution >= 4 is 28.5 Å². The first-order valence-corrected chi connectivity index (χ1v) is 8.10. The number of amides is 1. The summed E-state index contributed by atoms with van der Waals surface area (Å²) in [6, 6.07) is 14.9. The Morgan fingerprint density at radius 3 is 2.67 bits per heavy atom. The summed E-state index contributed by atoms with van der Waals surface area (Å²) in [6.45, 7) is 2.39. The largest absolute Gasteiger partial charge is 0.451 e. The highest BCUT2D eigenvalue weighted by molar-refractivity contribution is 6.31. The molecule has 4 nitrogen and oxygen atoms in total. The van der Waals surface area contributed by atoms with Gasteiger partial charge in [-0.15, -0.1) is 0 Å². The summed E-state index contributed by atoms with van der Waals surface area (Å²) in [5.74, 6) is 0.0503. The summed E-state index contributed by atoms with van der Waals surface area (Å²) in [7, 11) is 0. The van der Waals surface area contributed by atoms with Crippen LogP contribution >= 0.6 is 11.6 Å². The van der Waals surface area contributed by atoms with Gasteiger partial charge in [-0.1, -0.05) is 41.9 Å². The highest BCUT2D eigenvalue weighted by atomic mass is 35.5. The quantitative estimate of drug-likeness (QED) is 0.761. The van der Waals surface area contributed by atoms with Gasteiger partial charge in [0.1, 0.15) is 5.58 Å². The zero-order valence-electron chi connectivity index (χ0n) is 13.3. The number of rotatable bonds is 5. The van der Waals surface area contributed by atoms with Crippen molar-refractivity contribution in [1.82, 2.24) is 4.90 Å². The molecule has 1 N–H and O–H groups in total. The van der Waals surface area contributed by atoms with Crippen LogP contribution in [0.1, 0.15) is 21.7 Å². The van der Waals surface area contributed by atoms with Gasteiger partial charge >= 0.3 is 0 Å². The average molecular weight is 344 g/mol. The number of furan rings is 1. The zero-order chi connectivity index (χ0) is 17.1. The molecule has 5 heteroatoms. The number of aliphatic hydroxyl groups excluding tert-OH is 1. The third-order valence-corrected chi connectivity index (χ3v) is 4.20. The number of aryl methyl sites for hydroxylation is 1. The van der Waals surface area contributed by atoms with E-state index in [-0.39, 0.29) is 24.8 Å². The lowest BCUT2D eigenvalue weighted by Gasteiger charge is -2.21. The van der Waals surface area contributed by atoms with E-state index in [2.05, 4.69) is 0 Å². The van der Waals surface area contributed by atoms with Gasteiger partial charge in [-0.25, -0.2) is 0 Å².